The Kier molecular flexibility index (Phi) is 4.73. The van der Waals surface area contributed by atoms with E-state index in [-0.39, 0.29) is 31.1 Å². The van der Waals surface area contributed by atoms with E-state index in [0.29, 0.717) is 23.7 Å². The van der Waals surface area contributed by atoms with E-state index in [9.17, 15) is 14.7 Å². The third-order valence-electron chi connectivity index (χ3n) is 4.18. The number of aliphatic hydroxyl groups excluding tert-OH is 1. The van der Waals surface area contributed by atoms with Crippen LogP contribution in [0.2, 0.25) is 5.02 Å². The number of urea groups is 1. The van der Waals surface area contributed by atoms with Crippen LogP contribution < -0.4 is 4.74 Å². The lowest BCUT2D eigenvalue weighted by molar-refractivity contribution is -0.129. The summed E-state index contributed by atoms with van der Waals surface area (Å²) in [6.07, 6.45) is 1.65. The fourth-order valence-electron chi connectivity index (χ4n) is 3.00. The number of hydrogen-bond acceptors (Lipinski definition) is 4. The van der Waals surface area contributed by atoms with Gasteiger partial charge in [0.1, 0.15) is 24.5 Å². The Morgan fingerprint density at radius 3 is 2.70 bits per heavy atom. The topological polar surface area (TPSA) is 70.1 Å². The maximum Gasteiger partial charge on any atom is 0.327 e. The molecule has 0 aromatic heterocycles. The Labute approximate surface area is 139 Å². The molecule has 1 N–H and O–H groups in total. The molecular weight excluding hydrogens is 320 g/mol. The molecule has 0 radical (unpaired) electrons. The van der Waals surface area contributed by atoms with Crippen molar-refractivity contribution in [3.05, 3.63) is 29.3 Å². The Bertz CT molecular complexity index is 568. The zero-order chi connectivity index (χ0) is 16.4. The summed E-state index contributed by atoms with van der Waals surface area (Å²) in [4.78, 5) is 27.3. The van der Waals surface area contributed by atoms with Crippen LogP contribution in [0.25, 0.3) is 0 Å². The number of imide groups is 1. The van der Waals surface area contributed by atoms with Crippen molar-refractivity contribution in [3.63, 3.8) is 0 Å². The number of carbonyl (C=O) groups is 2. The van der Waals surface area contributed by atoms with E-state index in [1.54, 1.807) is 29.2 Å². The lowest BCUT2D eigenvalue weighted by atomic mass is 10.0. The first-order chi connectivity index (χ1) is 11.1. The minimum Gasteiger partial charge on any atom is -0.491 e. The molecule has 124 valence electrons. The van der Waals surface area contributed by atoms with Gasteiger partial charge in [-0.1, -0.05) is 11.6 Å². The molecule has 0 bridgehead atoms. The molecular formula is C16H19ClN2O4. The summed E-state index contributed by atoms with van der Waals surface area (Å²) in [6, 6.07) is 6.12. The van der Waals surface area contributed by atoms with Crippen LogP contribution in [-0.4, -0.2) is 58.7 Å². The average Bonchev–Trinajstić information content (AvgIpc) is 2.80. The molecule has 0 saturated carbocycles. The summed E-state index contributed by atoms with van der Waals surface area (Å²) in [5.74, 6) is 0.366. The second-order valence-electron chi connectivity index (χ2n) is 5.86. The fraction of sp³-hybridized carbons (Fsp3) is 0.500. The SMILES string of the molecule is O=C1[C@@H]2CCCCN2C(=O)N1C[C@H](O)COc1ccc(Cl)cc1. The molecule has 1 aromatic rings. The molecule has 2 aliphatic rings. The van der Waals surface area contributed by atoms with Crippen LogP contribution in [0.1, 0.15) is 19.3 Å². The van der Waals surface area contributed by atoms with E-state index in [0.717, 1.165) is 17.7 Å². The molecule has 0 unspecified atom stereocenters. The van der Waals surface area contributed by atoms with Gasteiger partial charge in [-0.3, -0.25) is 9.69 Å². The van der Waals surface area contributed by atoms with Gasteiger partial charge in [0.25, 0.3) is 5.91 Å². The molecule has 2 heterocycles. The summed E-state index contributed by atoms with van der Waals surface area (Å²) in [7, 11) is 0. The van der Waals surface area contributed by atoms with E-state index < -0.39 is 6.10 Å². The molecule has 1 aromatic carbocycles. The number of fused-ring (bicyclic) bond motifs is 1. The standard InChI is InChI=1S/C16H19ClN2O4/c17-11-4-6-13(7-5-11)23-10-12(20)9-19-15(21)14-3-1-2-8-18(14)16(19)22/h4-7,12,14,20H,1-3,8-10H2/t12-,14-/m0/s1. The second kappa shape index (κ2) is 6.76. The van der Waals surface area contributed by atoms with Gasteiger partial charge in [0.15, 0.2) is 0 Å². The maximum absolute atomic E-state index is 12.3. The largest absolute Gasteiger partial charge is 0.491 e. The highest BCUT2D eigenvalue weighted by molar-refractivity contribution is 6.30. The van der Waals surface area contributed by atoms with Crippen molar-refractivity contribution in [2.75, 3.05) is 19.7 Å². The monoisotopic (exact) mass is 338 g/mol. The van der Waals surface area contributed by atoms with E-state index >= 15 is 0 Å². The van der Waals surface area contributed by atoms with Crippen molar-refractivity contribution >= 4 is 23.5 Å². The quantitative estimate of drug-likeness (QED) is 0.832. The van der Waals surface area contributed by atoms with Crippen LogP contribution in [-0.2, 0) is 4.79 Å². The molecule has 0 aliphatic carbocycles. The van der Waals surface area contributed by atoms with Crippen LogP contribution in [0.5, 0.6) is 5.75 Å². The number of hydrogen-bond donors (Lipinski definition) is 1. The van der Waals surface area contributed by atoms with E-state index in [1.807, 2.05) is 0 Å². The first kappa shape index (κ1) is 16.1. The summed E-state index contributed by atoms with van der Waals surface area (Å²) >= 11 is 5.79. The van der Waals surface area contributed by atoms with Crippen molar-refractivity contribution < 1.29 is 19.4 Å². The fourth-order valence-corrected chi connectivity index (χ4v) is 3.13. The van der Waals surface area contributed by atoms with Crippen molar-refractivity contribution in [1.82, 2.24) is 9.80 Å². The van der Waals surface area contributed by atoms with Gasteiger partial charge in [-0.2, -0.15) is 0 Å². The first-order valence-electron chi connectivity index (χ1n) is 7.74. The zero-order valence-electron chi connectivity index (χ0n) is 12.7. The van der Waals surface area contributed by atoms with E-state index in [1.165, 1.54) is 0 Å². The lowest BCUT2D eigenvalue weighted by Crippen LogP contribution is -2.40. The van der Waals surface area contributed by atoms with Crippen LogP contribution >= 0.6 is 11.6 Å². The van der Waals surface area contributed by atoms with Crippen molar-refractivity contribution in [1.29, 1.82) is 0 Å². The Morgan fingerprint density at radius 1 is 1.26 bits per heavy atom. The predicted molar refractivity (Wildman–Crippen MR) is 84.4 cm³/mol. The summed E-state index contributed by atoms with van der Waals surface area (Å²) in [5, 5.41) is 10.7. The maximum atomic E-state index is 12.3. The lowest BCUT2D eigenvalue weighted by Gasteiger charge is -2.26. The Morgan fingerprint density at radius 2 is 2.00 bits per heavy atom. The van der Waals surface area contributed by atoms with Gasteiger partial charge in [0.2, 0.25) is 0 Å². The Balaban J connectivity index is 1.55. The van der Waals surface area contributed by atoms with Gasteiger partial charge in [0.05, 0.1) is 6.54 Å². The third kappa shape index (κ3) is 3.43. The van der Waals surface area contributed by atoms with Crippen LogP contribution in [0.3, 0.4) is 0 Å². The minimum absolute atomic E-state index is 0.00333. The zero-order valence-corrected chi connectivity index (χ0v) is 13.4. The van der Waals surface area contributed by atoms with Gasteiger partial charge in [0, 0.05) is 11.6 Å². The number of rotatable bonds is 5. The van der Waals surface area contributed by atoms with E-state index in [4.69, 9.17) is 16.3 Å². The van der Waals surface area contributed by atoms with Gasteiger partial charge >= 0.3 is 6.03 Å². The first-order valence-corrected chi connectivity index (χ1v) is 8.12. The highest BCUT2D eigenvalue weighted by atomic mass is 35.5. The third-order valence-corrected chi connectivity index (χ3v) is 4.43. The molecule has 2 fully saturated rings. The van der Waals surface area contributed by atoms with Crippen LogP contribution in [0.15, 0.2) is 24.3 Å². The molecule has 6 nitrogen and oxygen atoms in total. The normalized spacial score (nSPS) is 22.3. The molecule has 0 spiro atoms. The molecule has 2 atom stereocenters. The molecule has 2 aliphatic heterocycles. The van der Waals surface area contributed by atoms with Crippen LogP contribution in [0.4, 0.5) is 4.79 Å². The van der Waals surface area contributed by atoms with Crippen LogP contribution in [0, 0.1) is 0 Å². The van der Waals surface area contributed by atoms with Crippen molar-refractivity contribution in [2.24, 2.45) is 0 Å². The number of benzene rings is 1. The number of amides is 3. The molecule has 2 saturated heterocycles. The van der Waals surface area contributed by atoms with Gasteiger partial charge in [-0.05, 0) is 43.5 Å². The molecule has 23 heavy (non-hydrogen) atoms. The molecule has 7 heteroatoms. The highest BCUT2D eigenvalue weighted by Gasteiger charge is 2.46. The number of nitrogens with zero attached hydrogens (tertiary/aromatic N) is 2. The molecule has 3 rings (SSSR count). The summed E-state index contributed by atoms with van der Waals surface area (Å²) in [6.45, 7) is 0.574. The number of piperidine rings is 1. The second-order valence-corrected chi connectivity index (χ2v) is 6.29. The number of halogens is 1. The number of aliphatic hydroxyl groups is 1. The van der Waals surface area contributed by atoms with Crippen molar-refractivity contribution in [2.45, 2.75) is 31.4 Å². The van der Waals surface area contributed by atoms with Gasteiger partial charge in [-0.15, -0.1) is 0 Å². The smallest absolute Gasteiger partial charge is 0.327 e. The Hall–Kier alpha value is -1.79. The number of carbonyl (C=O) groups excluding carboxylic acids is 2. The molecule has 3 amide bonds. The van der Waals surface area contributed by atoms with Crippen molar-refractivity contribution in [3.8, 4) is 5.75 Å². The van der Waals surface area contributed by atoms with Gasteiger partial charge < -0.3 is 14.7 Å². The minimum atomic E-state index is -0.931. The summed E-state index contributed by atoms with van der Waals surface area (Å²) in [5.41, 5.74) is 0. The summed E-state index contributed by atoms with van der Waals surface area (Å²) < 4.78 is 5.45. The average molecular weight is 339 g/mol. The van der Waals surface area contributed by atoms with E-state index in [2.05, 4.69) is 0 Å². The number of β-amino-alcohol motifs (C(OH)–C–C–N with tert-alkyl or cyclic N) is 1. The predicted octanol–water partition coefficient (Wildman–Crippen LogP) is 1.90. The number of ether oxygens (including phenoxy) is 1. The highest BCUT2D eigenvalue weighted by Crippen LogP contribution is 2.26. The van der Waals surface area contributed by atoms with Gasteiger partial charge in [-0.25, -0.2) is 4.79 Å².